The highest BCUT2D eigenvalue weighted by atomic mass is 28.1. The lowest BCUT2D eigenvalue weighted by atomic mass is 11.6. The molecule has 0 unspecified atom stereocenters. The van der Waals surface area contributed by atoms with E-state index in [0.717, 1.165) is 0 Å². The molecule has 0 heterocycles. The molecule has 0 aliphatic heterocycles. The van der Waals surface area contributed by atoms with E-state index < -0.39 is 0 Å². The molecule has 0 saturated carbocycles. The van der Waals surface area contributed by atoms with Crippen LogP contribution in [0.1, 0.15) is 0 Å². The number of hydrogen-bond acceptors (Lipinski definition) is 0. The Morgan fingerprint density at radius 2 is 2.25 bits per heavy atom. The standard InChI is InChI=1S/CNSi2/c3-1-2-4. The third-order valence-electron chi connectivity index (χ3n) is 0.0559. The molecule has 3 heteroatoms. The predicted molar refractivity (Wildman–Crippen MR) is 18.8 cm³/mol. The van der Waals surface area contributed by atoms with E-state index >= 15 is 0 Å². The van der Waals surface area contributed by atoms with Gasteiger partial charge in [0.2, 0.25) is 0 Å². The Labute approximate surface area is 30.6 Å². The van der Waals surface area contributed by atoms with Gasteiger partial charge in [0.15, 0.2) is 0 Å². The minimum atomic E-state index is 2.27. The summed E-state index contributed by atoms with van der Waals surface area (Å²) in [6.07, 6.45) is 0. The van der Waals surface area contributed by atoms with Crippen LogP contribution < -0.4 is 0 Å². The van der Waals surface area contributed by atoms with Gasteiger partial charge in [0, 0.05) is 5.62 Å². The predicted octanol–water partition coefficient (Wildman–Crippen LogP) is -0.471. The van der Waals surface area contributed by atoms with Crippen molar-refractivity contribution in [2.75, 3.05) is 0 Å². The largest absolute Gasteiger partial charge is 0.628 e. The fraction of sp³-hybridized carbons (Fsp3) is 0. The van der Waals surface area contributed by atoms with Gasteiger partial charge in [-0.05, 0) is 0 Å². The highest BCUT2D eigenvalue weighted by molar-refractivity contribution is 6.00. The molecule has 0 atom stereocenters. The first-order valence-corrected chi connectivity index (χ1v) is 1.64. The normalized spacial score (nSPS) is 2.50. The molecule has 0 spiro atoms. The fourth-order valence-electron chi connectivity index (χ4n) is 0. The molecular weight excluding hydrogens is 82.2 g/mol. The SMILES string of the molecule is [Si]#[N+]C#[Si-]. The van der Waals surface area contributed by atoms with Crippen molar-refractivity contribution in [2.45, 2.75) is 0 Å². The van der Waals surface area contributed by atoms with Crippen molar-refractivity contribution in [3.8, 4) is 5.62 Å². The molecule has 0 N–H and O–H groups in total. The second kappa shape index (κ2) is 2.92. The van der Waals surface area contributed by atoms with Crippen LogP contribution in [0.5, 0.6) is 0 Å². The van der Waals surface area contributed by atoms with Gasteiger partial charge in [-0.2, -0.15) is 0 Å². The molecule has 1 radical (unpaired) electrons. The summed E-state index contributed by atoms with van der Waals surface area (Å²) in [6.45, 7) is 0. The summed E-state index contributed by atoms with van der Waals surface area (Å²) in [7, 11) is 5.58. The summed E-state index contributed by atoms with van der Waals surface area (Å²) < 4.78 is 3.21. The van der Waals surface area contributed by atoms with E-state index in [4.69, 9.17) is 0 Å². The van der Waals surface area contributed by atoms with E-state index in [0.29, 0.717) is 0 Å². The highest BCUT2D eigenvalue weighted by Gasteiger charge is 1.29. The lowest BCUT2D eigenvalue weighted by molar-refractivity contribution is 2.49. The van der Waals surface area contributed by atoms with Gasteiger partial charge in [-0.15, -0.1) is 4.47 Å². The molecule has 17 valence electrons. The zero-order valence-electron chi connectivity index (χ0n) is 1.95. The van der Waals surface area contributed by atoms with Crippen LogP contribution in [0.25, 0.3) is 4.47 Å². The Morgan fingerprint density at radius 3 is 2.25 bits per heavy atom. The summed E-state index contributed by atoms with van der Waals surface area (Å²) in [5.41, 5.74) is 2.27. The molecule has 0 saturated heterocycles. The molecule has 0 bridgehead atoms. The Kier molecular flexibility index (Phi) is 2.87. The van der Waals surface area contributed by atoms with Gasteiger partial charge in [-0.1, -0.05) is 0 Å². The van der Waals surface area contributed by atoms with Gasteiger partial charge in [0.25, 0.3) is 0 Å². The Hall–Kier alpha value is -0.0762. The van der Waals surface area contributed by atoms with Crippen molar-refractivity contribution in [1.29, 1.82) is 0 Å². The van der Waals surface area contributed by atoms with E-state index in [1.165, 1.54) is 0 Å². The monoisotopic (exact) mass is 82.0 g/mol. The maximum atomic E-state index is 3.21. The van der Waals surface area contributed by atoms with Crippen molar-refractivity contribution in [3.63, 3.8) is 0 Å². The third kappa shape index (κ3) is 1.92. The second-order valence-electron chi connectivity index (χ2n) is 0.224. The third-order valence-corrected chi connectivity index (χ3v) is 0.503. The van der Waals surface area contributed by atoms with E-state index in [1.807, 2.05) is 0 Å². The van der Waals surface area contributed by atoms with Crippen molar-refractivity contribution in [1.82, 2.24) is 0 Å². The highest BCUT2D eigenvalue weighted by Crippen LogP contribution is 1.35. The quantitative estimate of drug-likeness (QED) is 0.348. The number of rotatable bonds is 0. The van der Waals surface area contributed by atoms with Crippen LogP contribution in [0.3, 0.4) is 0 Å². The first-order valence-electron chi connectivity index (χ1n) is 0.697. The second-order valence-corrected chi connectivity index (χ2v) is 0.671. The van der Waals surface area contributed by atoms with E-state index in [-0.39, 0.29) is 0 Å². The maximum Gasteiger partial charge on any atom is 0.628 e. The zero-order chi connectivity index (χ0) is 3.41. The minimum Gasteiger partial charge on any atom is -0.524 e. The van der Waals surface area contributed by atoms with Crippen LogP contribution in [0, 0.1) is 5.62 Å². The maximum absolute atomic E-state index is 3.21. The zero-order valence-corrected chi connectivity index (χ0v) is 3.95. The molecule has 0 amide bonds. The fourth-order valence-corrected chi connectivity index (χ4v) is 0. The van der Waals surface area contributed by atoms with Gasteiger partial charge in [-0.3, -0.25) is 0 Å². The molecule has 0 aliphatic carbocycles. The molecule has 0 aromatic carbocycles. The van der Waals surface area contributed by atoms with Gasteiger partial charge in [-0.25, -0.2) is 0 Å². The number of nitrogens with zero attached hydrogens (tertiary/aromatic N) is 1. The van der Waals surface area contributed by atoms with Crippen LogP contribution in [0.2, 0.25) is 0 Å². The summed E-state index contributed by atoms with van der Waals surface area (Å²) in [6, 6.07) is 0. The molecule has 1 nitrogen and oxygen atoms in total. The molecule has 4 heavy (non-hydrogen) atoms. The van der Waals surface area contributed by atoms with Crippen LogP contribution >= 0.6 is 0 Å². The van der Waals surface area contributed by atoms with Gasteiger partial charge in [0.05, 0.1) is 0 Å². The topological polar surface area (TPSA) is 4.36 Å². The lowest BCUT2D eigenvalue weighted by Gasteiger charge is -1.34. The Morgan fingerprint density at radius 1 is 2.00 bits per heavy atom. The summed E-state index contributed by atoms with van der Waals surface area (Å²) in [5.74, 6) is 0. The van der Waals surface area contributed by atoms with Crippen molar-refractivity contribution < 1.29 is 0 Å². The minimum absolute atomic E-state index is 2.27. The van der Waals surface area contributed by atoms with Crippen LogP contribution in [-0.2, 0) is 0 Å². The number of hydrogen-bond donors (Lipinski definition) is 0. The first-order chi connectivity index (χ1) is 1.91. The van der Waals surface area contributed by atoms with Gasteiger partial charge >= 0.3 is 9.88 Å². The summed E-state index contributed by atoms with van der Waals surface area (Å²) >= 11 is 0. The molecule has 0 aliphatic rings. The van der Waals surface area contributed by atoms with Crippen molar-refractivity contribution in [2.24, 2.45) is 0 Å². The molecule has 0 fully saturated rings. The van der Waals surface area contributed by atoms with E-state index in [9.17, 15) is 0 Å². The lowest BCUT2D eigenvalue weighted by Crippen LogP contribution is -1.25. The van der Waals surface area contributed by atoms with Crippen LogP contribution in [-0.4, -0.2) is 19.6 Å². The van der Waals surface area contributed by atoms with E-state index in [2.05, 4.69) is 29.6 Å². The molecule has 0 aromatic rings. The van der Waals surface area contributed by atoms with Crippen LogP contribution in [0.15, 0.2) is 0 Å². The van der Waals surface area contributed by atoms with Crippen molar-refractivity contribution in [3.05, 3.63) is 4.47 Å². The van der Waals surface area contributed by atoms with Crippen LogP contribution in [0.4, 0.5) is 0 Å². The molecule has 0 aromatic heterocycles. The van der Waals surface area contributed by atoms with Crippen molar-refractivity contribution >= 4 is 19.6 Å². The van der Waals surface area contributed by atoms with Gasteiger partial charge in [0.1, 0.15) is 0 Å². The Balaban J connectivity index is 3.14. The smallest absolute Gasteiger partial charge is 0.524 e. The summed E-state index contributed by atoms with van der Waals surface area (Å²) in [4.78, 5) is 0. The Bertz CT molecular complexity index is 61.0. The average Bonchev–Trinajstić information content (AvgIpc) is 1.37. The van der Waals surface area contributed by atoms with E-state index in [1.54, 1.807) is 0 Å². The average molecular weight is 82.2 g/mol. The molecular formula is CNSi2. The molecule has 0 rings (SSSR count). The summed E-state index contributed by atoms with van der Waals surface area (Å²) in [5, 5.41) is 0. The first kappa shape index (κ1) is 3.92. The van der Waals surface area contributed by atoms with Gasteiger partial charge < -0.3 is 9.68 Å².